The summed E-state index contributed by atoms with van der Waals surface area (Å²) in [5.41, 5.74) is 2.96. The minimum atomic E-state index is -3.87. The lowest BCUT2D eigenvalue weighted by Crippen LogP contribution is -2.27. The number of benzene rings is 1. The highest BCUT2D eigenvalue weighted by molar-refractivity contribution is 7.89. The molecule has 0 radical (unpaired) electrons. The summed E-state index contributed by atoms with van der Waals surface area (Å²) in [6.45, 7) is 0.593. The lowest BCUT2D eigenvalue weighted by atomic mass is 10.2. The second-order valence-electron chi connectivity index (χ2n) is 4.54. The zero-order chi connectivity index (χ0) is 15.5. The van der Waals surface area contributed by atoms with Crippen molar-refractivity contribution in [1.82, 2.24) is 14.6 Å². The fourth-order valence-electron chi connectivity index (χ4n) is 1.86. The van der Waals surface area contributed by atoms with Crippen molar-refractivity contribution in [3.63, 3.8) is 0 Å². The number of nitrogens with one attached hydrogen (secondary N) is 1. The Hall–Kier alpha value is -1.35. The highest BCUT2D eigenvalue weighted by atomic mass is 32.2. The zero-order valence-corrected chi connectivity index (χ0v) is 13.3. The SMILES string of the molecule is CNCc1ccc(S(=O)(=O)N(C)Cc2cscn2)c(F)c1. The molecule has 0 spiro atoms. The minimum absolute atomic E-state index is 0.115. The van der Waals surface area contributed by atoms with Crippen LogP contribution in [0.2, 0.25) is 0 Å². The summed E-state index contributed by atoms with van der Waals surface area (Å²) in [4.78, 5) is 3.72. The van der Waals surface area contributed by atoms with Crippen molar-refractivity contribution >= 4 is 21.4 Å². The fourth-order valence-corrected chi connectivity index (χ4v) is 3.60. The van der Waals surface area contributed by atoms with Crippen LogP contribution >= 0.6 is 11.3 Å². The molecule has 114 valence electrons. The fraction of sp³-hybridized carbons (Fsp3) is 0.308. The molecular weight excluding hydrogens is 313 g/mol. The van der Waals surface area contributed by atoms with Crippen LogP contribution in [-0.2, 0) is 23.1 Å². The molecule has 0 atom stereocenters. The van der Waals surface area contributed by atoms with Crippen LogP contribution in [0.5, 0.6) is 0 Å². The van der Waals surface area contributed by atoms with E-state index in [0.717, 1.165) is 4.31 Å². The first-order valence-electron chi connectivity index (χ1n) is 6.21. The number of hydrogen-bond donors (Lipinski definition) is 1. The summed E-state index contributed by atoms with van der Waals surface area (Å²) in [6.07, 6.45) is 0. The van der Waals surface area contributed by atoms with E-state index in [1.807, 2.05) is 0 Å². The molecule has 1 aromatic heterocycles. The normalized spacial score (nSPS) is 12.0. The third-order valence-corrected chi connectivity index (χ3v) is 5.41. The summed E-state index contributed by atoms with van der Waals surface area (Å²) in [5.74, 6) is -0.743. The van der Waals surface area contributed by atoms with Crippen LogP contribution in [0.3, 0.4) is 0 Å². The average molecular weight is 329 g/mol. The number of halogens is 1. The van der Waals surface area contributed by atoms with Gasteiger partial charge in [-0.15, -0.1) is 11.3 Å². The second kappa shape index (κ2) is 6.61. The van der Waals surface area contributed by atoms with E-state index in [1.165, 1.54) is 30.5 Å². The smallest absolute Gasteiger partial charge is 0.246 e. The van der Waals surface area contributed by atoms with E-state index in [0.29, 0.717) is 17.8 Å². The van der Waals surface area contributed by atoms with Crippen molar-refractivity contribution in [3.8, 4) is 0 Å². The molecule has 0 aliphatic heterocycles. The third-order valence-electron chi connectivity index (χ3n) is 2.93. The Bertz CT molecular complexity index is 702. The zero-order valence-electron chi connectivity index (χ0n) is 11.7. The number of aromatic nitrogens is 1. The number of thiazole rings is 1. The van der Waals surface area contributed by atoms with Crippen molar-refractivity contribution in [2.75, 3.05) is 14.1 Å². The molecule has 21 heavy (non-hydrogen) atoms. The molecule has 5 nitrogen and oxygen atoms in total. The molecule has 0 amide bonds. The van der Waals surface area contributed by atoms with E-state index in [9.17, 15) is 12.8 Å². The van der Waals surface area contributed by atoms with Crippen molar-refractivity contribution in [2.24, 2.45) is 0 Å². The highest BCUT2D eigenvalue weighted by Crippen LogP contribution is 2.21. The monoisotopic (exact) mass is 329 g/mol. The number of sulfonamides is 1. The predicted octanol–water partition coefficient (Wildman–Crippen LogP) is 1.82. The number of nitrogens with zero attached hydrogens (tertiary/aromatic N) is 2. The quantitative estimate of drug-likeness (QED) is 0.878. The van der Waals surface area contributed by atoms with Crippen LogP contribution in [-0.4, -0.2) is 31.8 Å². The van der Waals surface area contributed by atoms with Crippen molar-refractivity contribution < 1.29 is 12.8 Å². The van der Waals surface area contributed by atoms with Gasteiger partial charge in [-0.2, -0.15) is 4.31 Å². The molecule has 0 aliphatic carbocycles. The molecule has 0 fully saturated rings. The van der Waals surface area contributed by atoms with Crippen LogP contribution in [0, 0.1) is 5.82 Å². The lowest BCUT2D eigenvalue weighted by molar-refractivity contribution is 0.456. The van der Waals surface area contributed by atoms with Crippen molar-refractivity contribution in [2.45, 2.75) is 18.0 Å². The van der Waals surface area contributed by atoms with Gasteiger partial charge in [0.2, 0.25) is 10.0 Å². The van der Waals surface area contributed by atoms with Gasteiger partial charge in [0.25, 0.3) is 0 Å². The van der Waals surface area contributed by atoms with Gasteiger partial charge in [0.15, 0.2) is 0 Å². The van der Waals surface area contributed by atoms with E-state index in [1.54, 1.807) is 24.0 Å². The predicted molar refractivity (Wildman–Crippen MR) is 79.9 cm³/mol. The molecule has 2 rings (SSSR count). The maximum atomic E-state index is 14.1. The summed E-state index contributed by atoms with van der Waals surface area (Å²) in [7, 11) is -0.722. The summed E-state index contributed by atoms with van der Waals surface area (Å²) in [6, 6.07) is 4.14. The molecule has 0 saturated heterocycles. The molecule has 1 aromatic carbocycles. The molecule has 8 heteroatoms. The van der Waals surface area contributed by atoms with Crippen molar-refractivity contribution in [3.05, 3.63) is 46.2 Å². The third kappa shape index (κ3) is 3.65. The Kier molecular flexibility index (Phi) is 5.04. The van der Waals surface area contributed by atoms with E-state index in [-0.39, 0.29) is 11.4 Å². The molecule has 0 bridgehead atoms. The summed E-state index contributed by atoms with van der Waals surface area (Å²) >= 11 is 1.38. The Labute approximate surface area is 127 Å². The molecular formula is C13H16FN3O2S2. The maximum absolute atomic E-state index is 14.1. The van der Waals surface area contributed by atoms with Gasteiger partial charge >= 0.3 is 0 Å². The van der Waals surface area contributed by atoms with E-state index >= 15 is 0 Å². The first-order chi connectivity index (χ1) is 9.95. The van der Waals surface area contributed by atoms with Crippen LogP contribution in [0.25, 0.3) is 0 Å². The summed E-state index contributed by atoms with van der Waals surface area (Å²) in [5, 5.41) is 4.65. The molecule has 0 unspecified atom stereocenters. The van der Waals surface area contributed by atoms with E-state index in [2.05, 4.69) is 10.3 Å². The molecule has 0 saturated carbocycles. The van der Waals surface area contributed by atoms with E-state index < -0.39 is 15.8 Å². The van der Waals surface area contributed by atoms with Gasteiger partial charge in [0.05, 0.1) is 17.7 Å². The van der Waals surface area contributed by atoms with Gasteiger partial charge < -0.3 is 5.32 Å². The van der Waals surface area contributed by atoms with Crippen LogP contribution < -0.4 is 5.32 Å². The molecule has 2 aromatic rings. The lowest BCUT2D eigenvalue weighted by Gasteiger charge is -2.17. The van der Waals surface area contributed by atoms with Gasteiger partial charge in [-0.3, -0.25) is 0 Å². The second-order valence-corrected chi connectivity index (χ2v) is 7.27. The van der Waals surface area contributed by atoms with Gasteiger partial charge in [-0.1, -0.05) is 6.07 Å². The Balaban J connectivity index is 2.26. The van der Waals surface area contributed by atoms with Crippen LogP contribution in [0.1, 0.15) is 11.3 Å². The largest absolute Gasteiger partial charge is 0.316 e. The van der Waals surface area contributed by atoms with Crippen LogP contribution in [0.4, 0.5) is 4.39 Å². The summed E-state index contributed by atoms with van der Waals surface area (Å²) < 4.78 is 39.9. The Morgan fingerprint density at radius 3 is 2.76 bits per heavy atom. The van der Waals surface area contributed by atoms with Crippen molar-refractivity contribution in [1.29, 1.82) is 0 Å². The van der Waals surface area contributed by atoms with Gasteiger partial charge in [0, 0.05) is 19.0 Å². The topological polar surface area (TPSA) is 62.3 Å². The van der Waals surface area contributed by atoms with Gasteiger partial charge in [-0.25, -0.2) is 17.8 Å². The van der Waals surface area contributed by atoms with Crippen LogP contribution in [0.15, 0.2) is 34.0 Å². The minimum Gasteiger partial charge on any atom is -0.316 e. The Morgan fingerprint density at radius 2 is 2.19 bits per heavy atom. The Morgan fingerprint density at radius 1 is 1.43 bits per heavy atom. The molecule has 1 N–H and O–H groups in total. The standard InChI is InChI=1S/C13H16FN3O2S2/c1-15-6-10-3-4-13(12(14)5-10)21(18,19)17(2)7-11-8-20-9-16-11/h3-5,8-9,15H,6-7H2,1-2H3. The van der Waals surface area contributed by atoms with Gasteiger partial charge in [-0.05, 0) is 24.7 Å². The molecule has 1 heterocycles. The number of hydrogen-bond acceptors (Lipinski definition) is 5. The van der Waals surface area contributed by atoms with E-state index in [4.69, 9.17) is 0 Å². The maximum Gasteiger partial charge on any atom is 0.246 e. The van der Waals surface area contributed by atoms with Gasteiger partial charge in [0.1, 0.15) is 10.7 Å². The number of rotatable bonds is 6. The average Bonchev–Trinajstić information content (AvgIpc) is 2.91. The highest BCUT2D eigenvalue weighted by Gasteiger charge is 2.25. The first-order valence-corrected chi connectivity index (χ1v) is 8.60. The molecule has 0 aliphatic rings. The first kappa shape index (κ1) is 16.0.